The van der Waals surface area contributed by atoms with Crippen molar-refractivity contribution in [2.45, 2.75) is 25.8 Å². The third-order valence-corrected chi connectivity index (χ3v) is 6.22. The zero-order valence-corrected chi connectivity index (χ0v) is 18.8. The second-order valence-electron chi connectivity index (χ2n) is 8.41. The Kier molecular flexibility index (Phi) is 5.71. The minimum absolute atomic E-state index is 0.206. The SMILES string of the molecule is CC(C)(CNS(C)(=O)=O)N1CCc2c(-c3cnc(N)nc3)nc(N3CCOCC3)nc21. The van der Waals surface area contributed by atoms with Gasteiger partial charge in [0, 0.05) is 55.2 Å². The number of morpholine rings is 1. The van der Waals surface area contributed by atoms with Crippen LogP contribution in [0.5, 0.6) is 0 Å². The van der Waals surface area contributed by atoms with E-state index in [1.54, 1.807) is 12.4 Å². The first-order valence-electron chi connectivity index (χ1n) is 10.2. The van der Waals surface area contributed by atoms with Crippen LogP contribution in [0.15, 0.2) is 12.4 Å². The smallest absolute Gasteiger partial charge is 0.228 e. The molecule has 0 bridgehead atoms. The number of anilines is 3. The zero-order chi connectivity index (χ0) is 22.2. The summed E-state index contributed by atoms with van der Waals surface area (Å²) in [4.78, 5) is 22.3. The number of ether oxygens (including phenoxy) is 1. The molecular formula is C19H28N8O3S. The van der Waals surface area contributed by atoms with Crippen LogP contribution in [0.25, 0.3) is 11.3 Å². The number of sulfonamides is 1. The molecule has 12 heteroatoms. The molecule has 2 aliphatic rings. The summed E-state index contributed by atoms with van der Waals surface area (Å²) in [6, 6.07) is 0. The molecular weight excluding hydrogens is 420 g/mol. The summed E-state index contributed by atoms with van der Waals surface area (Å²) in [6.45, 7) is 7.62. The van der Waals surface area contributed by atoms with Gasteiger partial charge >= 0.3 is 0 Å². The van der Waals surface area contributed by atoms with Gasteiger partial charge in [-0.25, -0.2) is 28.1 Å². The van der Waals surface area contributed by atoms with E-state index in [1.165, 1.54) is 6.26 Å². The van der Waals surface area contributed by atoms with Gasteiger partial charge in [-0.15, -0.1) is 0 Å². The normalized spacial score (nSPS) is 17.1. The lowest BCUT2D eigenvalue weighted by atomic mass is 10.0. The summed E-state index contributed by atoms with van der Waals surface area (Å²) >= 11 is 0. The summed E-state index contributed by atoms with van der Waals surface area (Å²) in [5, 5.41) is 0. The fraction of sp³-hybridized carbons (Fsp3) is 0.579. The second kappa shape index (κ2) is 8.17. The topological polar surface area (TPSA) is 139 Å². The molecule has 2 aromatic heterocycles. The van der Waals surface area contributed by atoms with Gasteiger partial charge in [0.15, 0.2) is 0 Å². The van der Waals surface area contributed by atoms with Crippen LogP contribution in [0.4, 0.5) is 17.7 Å². The maximum Gasteiger partial charge on any atom is 0.228 e. The fourth-order valence-corrected chi connectivity index (χ4v) is 4.46. The highest BCUT2D eigenvalue weighted by Gasteiger charge is 2.36. The van der Waals surface area contributed by atoms with E-state index >= 15 is 0 Å². The standard InChI is InChI=1S/C19H28N8O3S/c1-19(2,12-23-31(3,28)29)27-5-4-14-15(13-10-21-17(20)22-11-13)24-18(25-16(14)27)26-6-8-30-9-7-26/h10-11,23H,4-9,12H2,1-3H3,(H2,20,21,22). The number of hydrogen-bond donors (Lipinski definition) is 2. The molecule has 4 heterocycles. The molecule has 0 radical (unpaired) electrons. The number of nitrogen functional groups attached to an aromatic ring is 1. The Labute approximate surface area is 182 Å². The van der Waals surface area contributed by atoms with Gasteiger partial charge in [0.1, 0.15) is 5.82 Å². The average molecular weight is 449 g/mol. The molecule has 0 aliphatic carbocycles. The first kappa shape index (κ1) is 21.7. The number of nitrogens with zero attached hydrogens (tertiary/aromatic N) is 6. The number of fused-ring (bicyclic) bond motifs is 1. The van der Waals surface area contributed by atoms with Gasteiger partial charge in [0.05, 0.1) is 25.2 Å². The molecule has 2 aromatic rings. The lowest BCUT2D eigenvalue weighted by molar-refractivity contribution is 0.122. The Hall–Kier alpha value is -2.57. The van der Waals surface area contributed by atoms with Crippen molar-refractivity contribution in [2.75, 3.05) is 61.2 Å². The third kappa shape index (κ3) is 4.70. The highest BCUT2D eigenvalue weighted by atomic mass is 32.2. The van der Waals surface area contributed by atoms with Crippen LogP contribution in [0.3, 0.4) is 0 Å². The van der Waals surface area contributed by atoms with Crippen LogP contribution in [-0.2, 0) is 21.2 Å². The van der Waals surface area contributed by atoms with Gasteiger partial charge in [0.2, 0.25) is 21.9 Å². The summed E-state index contributed by atoms with van der Waals surface area (Å²) in [6.07, 6.45) is 5.25. The van der Waals surface area contributed by atoms with Gasteiger partial charge in [-0.1, -0.05) is 0 Å². The van der Waals surface area contributed by atoms with Crippen molar-refractivity contribution in [1.29, 1.82) is 0 Å². The summed E-state index contributed by atoms with van der Waals surface area (Å²) in [5.41, 5.74) is 7.74. The van der Waals surface area contributed by atoms with Crippen LogP contribution >= 0.6 is 0 Å². The first-order valence-corrected chi connectivity index (χ1v) is 12.1. The predicted molar refractivity (Wildman–Crippen MR) is 118 cm³/mol. The van der Waals surface area contributed by atoms with E-state index in [0.717, 1.165) is 29.1 Å². The van der Waals surface area contributed by atoms with E-state index in [-0.39, 0.29) is 12.5 Å². The van der Waals surface area contributed by atoms with E-state index in [1.807, 2.05) is 13.8 Å². The molecule has 4 rings (SSSR count). The van der Waals surface area contributed by atoms with Crippen molar-refractivity contribution in [3.63, 3.8) is 0 Å². The molecule has 168 valence electrons. The second-order valence-corrected chi connectivity index (χ2v) is 10.2. The van der Waals surface area contributed by atoms with Gasteiger partial charge in [-0.2, -0.15) is 4.98 Å². The Balaban J connectivity index is 1.77. The van der Waals surface area contributed by atoms with Crippen molar-refractivity contribution in [1.82, 2.24) is 24.7 Å². The Bertz CT molecular complexity index is 1050. The van der Waals surface area contributed by atoms with Gasteiger partial charge in [-0.05, 0) is 20.3 Å². The van der Waals surface area contributed by atoms with Crippen molar-refractivity contribution in [3.05, 3.63) is 18.0 Å². The molecule has 1 fully saturated rings. The highest BCUT2D eigenvalue weighted by molar-refractivity contribution is 7.88. The number of rotatable bonds is 6. The lowest BCUT2D eigenvalue weighted by Gasteiger charge is -2.37. The molecule has 0 aromatic carbocycles. The number of nitrogens with one attached hydrogen (secondary N) is 1. The van der Waals surface area contributed by atoms with E-state index in [4.69, 9.17) is 20.4 Å². The fourth-order valence-electron chi connectivity index (χ4n) is 3.84. The Morgan fingerprint density at radius 2 is 1.84 bits per heavy atom. The number of aromatic nitrogens is 4. The molecule has 1 saturated heterocycles. The molecule has 0 unspecified atom stereocenters. The summed E-state index contributed by atoms with van der Waals surface area (Å²) in [5.74, 6) is 1.63. The number of hydrogen-bond acceptors (Lipinski definition) is 10. The average Bonchev–Trinajstić information content (AvgIpc) is 3.18. The van der Waals surface area contributed by atoms with E-state index < -0.39 is 15.6 Å². The molecule has 3 N–H and O–H groups in total. The van der Waals surface area contributed by atoms with Crippen LogP contribution in [-0.4, -0.2) is 79.5 Å². The van der Waals surface area contributed by atoms with Crippen molar-refractivity contribution in [2.24, 2.45) is 0 Å². The monoisotopic (exact) mass is 448 g/mol. The first-order chi connectivity index (χ1) is 14.6. The molecule has 0 spiro atoms. The molecule has 0 atom stereocenters. The predicted octanol–water partition coefficient (Wildman–Crippen LogP) is 0.0427. The minimum Gasteiger partial charge on any atom is -0.378 e. The van der Waals surface area contributed by atoms with E-state index in [9.17, 15) is 8.42 Å². The van der Waals surface area contributed by atoms with E-state index in [0.29, 0.717) is 38.8 Å². The molecule has 0 saturated carbocycles. The molecule has 11 nitrogen and oxygen atoms in total. The molecule has 31 heavy (non-hydrogen) atoms. The van der Waals surface area contributed by atoms with Crippen LogP contribution in [0.1, 0.15) is 19.4 Å². The van der Waals surface area contributed by atoms with E-state index in [2.05, 4.69) is 24.5 Å². The molecule has 0 amide bonds. The van der Waals surface area contributed by atoms with Crippen LogP contribution in [0.2, 0.25) is 0 Å². The quantitative estimate of drug-likeness (QED) is 0.622. The Morgan fingerprint density at radius 3 is 2.48 bits per heavy atom. The van der Waals surface area contributed by atoms with Crippen molar-refractivity contribution >= 4 is 27.7 Å². The third-order valence-electron chi connectivity index (χ3n) is 5.55. The lowest BCUT2D eigenvalue weighted by Crippen LogP contribution is -2.51. The number of nitrogens with two attached hydrogens (primary N) is 1. The Morgan fingerprint density at radius 1 is 1.16 bits per heavy atom. The maximum atomic E-state index is 11.7. The van der Waals surface area contributed by atoms with Gasteiger partial charge in [-0.3, -0.25) is 0 Å². The van der Waals surface area contributed by atoms with Gasteiger partial charge in [0.25, 0.3) is 0 Å². The van der Waals surface area contributed by atoms with Crippen molar-refractivity contribution in [3.8, 4) is 11.3 Å². The maximum absolute atomic E-state index is 11.7. The molecule has 2 aliphatic heterocycles. The van der Waals surface area contributed by atoms with Crippen LogP contribution in [0, 0.1) is 0 Å². The van der Waals surface area contributed by atoms with Gasteiger partial charge < -0.3 is 20.3 Å². The van der Waals surface area contributed by atoms with Crippen LogP contribution < -0.4 is 20.3 Å². The van der Waals surface area contributed by atoms with Crippen molar-refractivity contribution < 1.29 is 13.2 Å². The largest absolute Gasteiger partial charge is 0.378 e. The zero-order valence-electron chi connectivity index (χ0n) is 18.0. The summed E-state index contributed by atoms with van der Waals surface area (Å²) in [7, 11) is -3.30. The summed E-state index contributed by atoms with van der Waals surface area (Å²) < 4.78 is 31.4. The highest BCUT2D eigenvalue weighted by Crippen LogP contribution is 2.38. The minimum atomic E-state index is -3.30.